The van der Waals surface area contributed by atoms with Crippen LogP contribution in [0.15, 0.2) is 71.1 Å². The summed E-state index contributed by atoms with van der Waals surface area (Å²) in [5, 5.41) is 11.6. The minimum absolute atomic E-state index is 0.0256. The second-order valence-electron chi connectivity index (χ2n) is 9.75. The van der Waals surface area contributed by atoms with Crippen molar-refractivity contribution in [2.45, 2.75) is 64.1 Å². The Morgan fingerprint density at radius 2 is 1.78 bits per heavy atom. The Bertz CT molecular complexity index is 1340. The largest absolute Gasteiger partial charge is 0.464 e. The fraction of sp³-hybridized carbons (Fsp3) is 0.379. The van der Waals surface area contributed by atoms with E-state index < -0.39 is 6.04 Å². The van der Waals surface area contributed by atoms with E-state index >= 15 is 0 Å². The topological polar surface area (TPSA) is 93.3 Å². The molecule has 2 aromatic heterocycles. The van der Waals surface area contributed by atoms with E-state index in [1.54, 1.807) is 15.6 Å². The molecule has 2 heterocycles. The SMILES string of the molecule is Cc1ccc(C(C(=O)NC2CCCCC2)N(CCc2ccccc2)C(=O)Cn2nnc3ccccc32)o1. The molecule has 8 nitrogen and oxygen atoms in total. The van der Waals surface area contributed by atoms with Crippen molar-refractivity contribution in [2.24, 2.45) is 0 Å². The highest BCUT2D eigenvalue weighted by Gasteiger charge is 2.35. The second kappa shape index (κ2) is 11.4. The molecule has 1 aliphatic carbocycles. The molecule has 0 bridgehead atoms. The van der Waals surface area contributed by atoms with Gasteiger partial charge in [-0.15, -0.1) is 5.10 Å². The summed E-state index contributed by atoms with van der Waals surface area (Å²) < 4.78 is 7.55. The molecule has 0 spiro atoms. The molecule has 1 aliphatic rings. The molecule has 2 aromatic carbocycles. The molecule has 0 aliphatic heterocycles. The van der Waals surface area contributed by atoms with Gasteiger partial charge in [-0.1, -0.05) is 66.9 Å². The van der Waals surface area contributed by atoms with Crippen molar-refractivity contribution in [2.75, 3.05) is 6.54 Å². The van der Waals surface area contributed by atoms with Gasteiger partial charge in [0.25, 0.3) is 5.91 Å². The molecule has 4 aromatic rings. The van der Waals surface area contributed by atoms with Gasteiger partial charge in [0.2, 0.25) is 5.91 Å². The molecular formula is C29H33N5O3. The lowest BCUT2D eigenvalue weighted by Crippen LogP contribution is -2.48. The van der Waals surface area contributed by atoms with Crippen LogP contribution in [0.3, 0.4) is 0 Å². The van der Waals surface area contributed by atoms with Gasteiger partial charge in [-0.05, 0) is 56.0 Å². The van der Waals surface area contributed by atoms with Gasteiger partial charge in [0.05, 0.1) is 5.52 Å². The molecule has 0 radical (unpaired) electrons. The number of carbonyl (C=O) groups excluding carboxylic acids is 2. The number of aryl methyl sites for hydroxylation is 1. The standard InChI is InChI=1S/C29H33N5O3/c1-21-16-17-26(37-21)28(29(36)30-23-12-6-3-7-13-23)33(19-18-22-10-4-2-5-11-22)27(35)20-34-25-15-9-8-14-24(25)31-32-34/h2,4-5,8-11,14-17,23,28H,3,6-7,12-13,18-20H2,1H3,(H,30,36). The molecule has 192 valence electrons. The number of benzene rings is 2. The maximum absolute atomic E-state index is 13.9. The first-order chi connectivity index (χ1) is 18.1. The zero-order chi connectivity index (χ0) is 25.6. The lowest BCUT2D eigenvalue weighted by molar-refractivity contribution is -0.142. The van der Waals surface area contributed by atoms with E-state index in [0.717, 1.165) is 42.3 Å². The van der Waals surface area contributed by atoms with Crippen molar-refractivity contribution in [3.63, 3.8) is 0 Å². The van der Waals surface area contributed by atoms with Crippen LogP contribution in [0.25, 0.3) is 11.0 Å². The van der Waals surface area contributed by atoms with Crippen molar-refractivity contribution in [1.82, 2.24) is 25.2 Å². The zero-order valence-electron chi connectivity index (χ0n) is 21.2. The van der Waals surface area contributed by atoms with E-state index in [9.17, 15) is 9.59 Å². The normalized spacial score (nSPS) is 14.9. The summed E-state index contributed by atoms with van der Waals surface area (Å²) in [5.41, 5.74) is 2.59. The lowest BCUT2D eigenvalue weighted by Gasteiger charge is -2.32. The highest BCUT2D eigenvalue weighted by molar-refractivity contribution is 5.89. The summed E-state index contributed by atoms with van der Waals surface area (Å²) in [5.74, 6) is 0.745. The number of amides is 2. The summed E-state index contributed by atoms with van der Waals surface area (Å²) in [6.07, 6.45) is 5.92. The van der Waals surface area contributed by atoms with Gasteiger partial charge >= 0.3 is 0 Å². The summed E-state index contributed by atoms with van der Waals surface area (Å²) in [7, 11) is 0. The van der Waals surface area contributed by atoms with Crippen LogP contribution < -0.4 is 5.32 Å². The number of aromatic nitrogens is 3. The zero-order valence-corrected chi connectivity index (χ0v) is 21.2. The van der Waals surface area contributed by atoms with E-state index in [-0.39, 0.29) is 24.4 Å². The number of hydrogen-bond acceptors (Lipinski definition) is 5. The molecule has 0 saturated heterocycles. The number of nitrogens with zero attached hydrogens (tertiary/aromatic N) is 4. The highest BCUT2D eigenvalue weighted by Crippen LogP contribution is 2.26. The number of fused-ring (bicyclic) bond motifs is 1. The van der Waals surface area contributed by atoms with Crippen LogP contribution in [0.1, 0.15) is 55.2 Å². The number of para-hydroxylation sites is 1. The van der Waals surface area contributed by atoms with Gasteiger partial charge < -0.3 is 14.6 Å². The number of carbonyl (C=O) groups is 2. The number of rotatable bonds is 9. The molecule has 1 N–H and O–H groups in total. The Morgan fingerprint density at radius 3 is 2.54 bits per heavy atom. The average molecular weight is 500 g/mol. The van der Waals surface area contributed by atoms with E-state index in [2.05, 4.69) is 15.6 Å². The van der Waals surface area contributed by atoms with Crippen LogP contribution in [0.2, 0.25) is 0 Å². The van der Waals surface area contributed by atoms with Crippen LogP contribution in [-0.2, 0) is 22.6 Å². The smallest absolute Gasteiger partial charge is 0.250 e. The number of nitrogens with one attached hydrogen (secondary N) is 1. The van der Waals surface area contributed by atoms with Crippen molar-refractivity contribution in [1.29, 1.82) is 0 Å². The average Bonchev–Trinajstić information content (AvgIpc) is 3.53. The van der Waals surface area contributed by atoms with Gasteiger partial charge in [-0.25, -0.2) is 4.68 Å². The van der Waals surface area contributed by atoms with Gasteiger partial charge in [0.1, 0.15) is 23.6 Å². The van der Waals surface area contributed by atoms with E-state index in [4.69, 9.17) is 4.42 Å². The summed E-state index contributed by atoms with van der Waals surface area (Å²) in [4.78, 5) is 29.3. The Labute approximate surface area is 216 Å². The molecular weight excluding hydrogens is 466 g/mol. The van der Waals surface area contributed by atoms with Crippen LogP contribution >= 0.6 is 0 Å². The molecule has 1 saturated carbocycles. The van der Waals surface area contributed by atoms with E-state index in [1.165, 1.54) is 6.42 Å². The fourth-order valence-corrected chi connectivity index (χ4v) is 5.10. The van der Waals surface area contributed by atoms with Gasteiger partial charge in [0.15, 0.2) is 6.04 Å². The molecule has 37 heavy (non-hydrogen) atoms. The Morgan fingerprint density at radius 1 is 1.03 bits per heavy atom. The van der Waals surface area contributed by atoms with Crippen molar-refractivity contribution in [3.8, 4) is 0 Å². The van der Waals surface area contributed by atoms with Gasteiger partial charge in [-0.3, -0.25) is 9.59 Å². The first kappa shape index (κ1) is 24.7. The van der Waals surface area contributed by atoms with Gasteiger partial charge in [-0.2, -0.15) is 0 Å². The van der Waals surface area contributed by atoms with Crippen LogP contribution in [0, 0.1) is 6.92 Å². The number of furan rings is 1. The quantitative estimate of drug-likeness (QED) is 0.363. The maximum Gasteiger partial charge on any atom is 0.250 e. The van der Waals surface area contributed by atoms with Crippen LogP contribution in [0.4, 0.5) is 0 Å². The minimum atomic E-state index is -0.873. The highest BCUT2D eigenvalue weighted by atomic mass is 16.3. The van der Waals surface area contributed by atoms with E-state index in [1.807, 2.05) is 67.6 Å². The monoisotopic (exact) mass is 499 g/mol. The predicted octanol–water partition coefficient (Wildman–Crippen LogP) is 4.59. The van der Waals surface area contributed by atoms with Crippen LogP contribution in [-0.4, -0.2) is 44.3 Å². The third kappa shape index (κ3) is 5.90. The van der Waals surface area contributed by atoms with Crippen molar-refractivity contribution < 1.29 is 14.0 Å². The maximum atomic E-state index is 13.9. The summed E-state index contributed by atoms with van der Waals surface area (Å²) in [6, 6.07) is 20.4. The molecule has 1 fully saturated rings. The Balaban J connectivity index is 1.46. The van der Waals surface area contributed by atoms with Gasteiger partial charge in [0, 0.05) is 12.6 Å². The first-order valence-electron chi connectivity index (χ1n) is 13.1. The molecule has 1 unspecified atom stereocenters. The Kier molecular flexibility index (Phi) is 7.63. The van der Waals surface area contributed by atoms with Crippen molar-refractivity contribution in [3.05, 3.63) is 83.8 Å². The predicted molar refractivity (Wildman–Crippen MR) is 141 cm³/mol. The second-order valence-corrected chi connectivity index (χ2v) is 9.75. The number of hydrogen-bond donors (Lipinski definition) is 1. The molecule has 8 heteroatoms. The lowest BCUT2D eigenvalue weighted by atomic mass is 9.95. The molecule has 2 amide bonds. The Hall–Kier alpha value is -3.94. The molecule has 5 rings (SSSR count). The van der Waals surface area contributed by atoms with Crippen molar-refractivity contribution >= 4 is 22.8 Å². The fourth-order valence-electron chi connectivity index (χ4n) is 5.10. The minimum Gasteiger partial charge on any atom is -0.464 e. The third-order valence-corrected chi connectivity index (χ3v) is 7.05. The first-order valence-corrected chi connectivity index (χ1v) is 13.1. The third-order valence-electron chi connectivity index (χ3n) is 7.05. The van der Waals surface area contributed by atoms with Crippen LogP contribution in [0.5, 0.6) is 0 Å². The summed E-state index contributed by atoms with van der Waals surface area (Å²) >= 11 is 0. The molecule has 1 atom stereocenters. The summed E-state index contributed by atoms with van der Waals surface area (Å²) in [6.45, 7) is 2.18. The van der Waals surface area contributed by atoms with E-state index in [0.29, 0.717) is 24.5 Å².